The Bertz CT molecular complexity index is 812. The highest BCUT2D eigenvalue weighted by molar-refractivity contribution is 6.30. The van der Waals surface area contributed by atoms with Crippen LogP contribution in [-0.4, -0.2) is 52.3 Å². The molecule has 1 aliphatic heterocycles. The Morgan fingerprint density at radius 3 is 2.20 bits per heavy atom. The van der Waals surface area contributed by atoms with Crippen molar-refractivity contribution >= 4 is 35.1 Å². The third-order valence-corrected chi connectivity index (χ3v) is 5.25. The zero-order valence-corrected chi connectivity index (χ0v) is 18.1. The fraction of sp³-hybridized carbons (Fsp3) is 0.364. The molecule has 3 atom stereocenters. The number of hydrogen-bond donors (Lipinski definition) is 2. The fourth-order valence-electron chi connectivity index (χ4n) is 3.19. The topological polar surface area (TPSA) is 87.1 Å². The van der Waals surface area contributed by atoms with Crippen molar-refractivity contribution in [3.8, 4) is 0 Å². The molecule has 3 rings (SSSR count). The van der Waals surface area contributed by atoms with Crippen LogP contribution in [0.5, 0.6) is 0 Å². The molecule has 0 bridgehead atoms. The molecule has 2 aromatic rings. The molecule has 0 saturated carbocycles. The summed E-state index contributed by atoms with van der Waals surface area (Å²) in [5.74, 6) is -1.50. The van der Waals surface area contributed by atoms with Crippen LogP contribution in [0.3, 0.4) is 0 Å². The maximum atomic E-state index is 12.7. The molecule has 30 heavy (non-hydrogen) atoms. The number of amides is 1. The summed E-state index contributed by atoms with van der Waals surface area (Å²) in [6, 6.07) is 15.7. The summed E-state index contributed by atoms with van der Waals surface area (Å²) >= 11 is 11.4. The highest BCUT2D eigenvalue weighted by atomic mass is 35.5. The van der Waals surface area contributed by atoms with E-state index in [1.54, 1.807) is 29.2 Å². The molecule has 2 N–H and O–H groups in total. The number of carboxylic acid groups (broad SMARTS) is 1. The number of morpholine rings is 1. The van der Waals surface area contributed by atoms with Crippen LogP contribution in [0, 0.1) is 0 Å². The first kappa shape index (κ1) is 24.2. The minimum absolute atomic E-state index is 0.182. The number of aliphatic carboxylic acids is 1. The van der Waals surface area contributed by atoms with Crippen LogP contribution in [0.2, 0.25) is 10.0 Å². The fourth-order valence-corrected chi connectivity index (χ4v) is 3.46. The van der Waals surface area contributed by atoms with Gasteiger partial charge in [-0.05, 0) is 36.2 Å². The maximum Gasteiger partial charge on any atom is 0.306 e. The van der Waals surface area contributed by atoms with Gasteiger partial charge in [-0.1, -0.05) is 60.5 Å². The zero-order valence-electron chi connectivity index (χ0n) is 16.6. The number of carbonyl (C=O) groups is 2. The molecule has 1 saturated heterocycles. The number of aliphatic hydroxyl groups excluding tert-OH is 1. The van der Waals surface area contributed by atoms with E-state index in [9.17, 15) is 14.7 Å². The lowest BCUT2D eigenvalue weighted by Gasteiger charge is -2.43. The van der Waals surface area contributed by atoms with E-state index in [1.165, 1.54) is 0 Å². The molecule has 1 unspecified atom stereocenters. The SMILES string of the molecule is CC[C@@H](CO)N1C(=O)C(CC(=O)O)OC[C@H]1c1ccc(Cl)cc1.Clc1ccccc1. The quantitative estimate of drug-likeness (QED) is 0.684. The number of aliphatic hydroxyl groups is 1. The van der Waals surface area contributed by atoms with Crippen molar-refractivity contribution in [2.45, 2.75) is 38.0 Å². The van der Waals surface area contributed by atoms with Crippen LogP contribution in [0.1, 0.15) is 31.4 Å². The highest BCUT2D eigenvalue weighted by Crippen LogP contribution is 2.31. The Balaban J connectivity index is 0.000000386. The Morgan fingerprint density at radius 2 is 1.73 bits per heavy atom. The van der Waals surface area contributed by atoms with Gasteiger partial charge in [0.1, 0.15) is 6.10 Å². The van der Waals surface area contributed by atoms with Crippen LogP contribution in [0.25, 0.3) is 0 Å². The van der Waals surface area contributed by atoms with E-state index in [0.717, 1.165) is 10.6 Å². The van der Waals surface area contributed by atoms with Crippen LogP contribution in [-0.2, 0) is 14.3 Å². The van der Waals surface area contributed by atoms with Crippen LogP contribution in [0.15, 0.2) is 54.6 Å². The number of halogens is 2. The predicted molar refractivity (Wildman–Crippen MR) is 116 cm³/mol. The first-order valence-electron chi connectivity index (χ1n) is 9.59. The third-order valence-electron chi connectivity index (χ3n) is 4.74. The van der Waals surface area contributed by atoms with Gasteiger partial charge in [0.25, 0.3) is 5.91 Å². The number of ether oxygens (including phenoxy) is 1. The summed E-state index contributed by atoms with van der Waals surface area (Å²) in [5.41, 5.74) is 0.837. The molecule has 1 aliphatic rings. The van der Waals surface area contributed by atoms with Gasteiger partial charge in [0.05, 0.1) is 31.7 Å². The van der Waals surface area contributed by atoms with Gasteiger partial charge in [0, 0.05) is 10.0 Å². The van der Waals surface area contributed by atoms with Gasteiger partial charge in [0.2, 0.25) is 0 Å². The van der Waals surface area contributed by atoms with Crippen molar-refractivity contribution in [1.82, 2.24) is 4.90 Å². The number of rotatable bonds is 6. The number of carboxylic acids is 1. The normalized spacial score (nSPS) is 19.6. The van der Waals surface area contributed by atoms with E-state index in [0.29, 0.717) is 11.4 Å². The number of hydrogen-bond acceptors (Lipinski definition) is 4. The standard InChI is InChI=1S/C16H20ClNO5.C6H5Cl/c1-2-12(8-19)18-13(10-3-5-11(17)6-4-10)9-23-14(16(18)22)7-15(20)21;7-6-4-2-1-3-5-6/h3-6,12-14,19H,2,7-9H2,1H3,(H,20,21);1-5H/t12-,13-,14?;/m0./s1. The average Bonchev–Trinajstić information content (AvgIpc) is 2.73. The molecular weight excluding hydrogens is 429 g/mol. The van der Waals surface area contributed by atoms with Crippen LogP contribution < -0.4 is 0 Å². The number of nitrogens with zero attached hydrogens (tertiary/aromatic N) is 1. The third kappa shape index (κ3) is 6.71. The van der Waals surface area contributed by atoms with Crippen molar-refractivity contribution < 1.29 is 24.5 Å². The smallest absolute Gasteiger partial charge is 0.306 e. The Hall–Kier alpha value is -2.12. The molecular formula is C22H25Cl2NO5. The van der Waals surface area contributed by atoms with E-state index >= 15 is 0 Å². The second-order valence-corrected chi connectivity index (χ2v) is 7.65. The monoisotopic (exact) mass is 453 g/mol. The van der Waals surface area contributed by atoms with Crippen molar-refractivity contribution in [2.24, 2.45) is 0 Å². The minimum atomic E-state index is -1.09. The molecule has 0 aliphatic carbocycles. The minimum Gasteiger partial charge on any atom is -0.481 e. The second kappa shape index (κ2) is 11.9. The molecule has 162 valence electrons. The first-order valence-corrected chi connectivity index (χ1v) is 10.3. The van der Waals surface area contributed by atoms with Crippen molar-refractivity contribution in [3.63, 3.8) is 0 Å². The highest BCUT2D eigenvalue weighted by Gasteiger charge is 2.40. The Kier molecular flexibility index (Phi) is 9.59. The van der Waals surface area contributed by atoms with E-state index in [-0.39, 0.29) is 31.7 Å². The van der Waals surface area contributed by atoms with E-state index in [1.807, 2.05) is 37.3 Å². The first-order chi connectivity index (χ1) is 14.4. The maximum absolute atomic E-state index is 12.7. The van der Waals surface area contributed by atoms with E-state index in [4.69, 9.17) is 33.0 Å². The molecule has 1 fully saturated rings. The van der Waals surface area contributed by atoms with Crippen molar-refractivity contribution in [2.75, 3.05) is 13.2 Å². The van der Waals surface area contributed by atoms with Crippen molar-refractivity contribution in [1.29, 1.82) is 0 Å². The van der Waals surface area contributed by atoms with Crippen LogP contribution in [0.4, 0.5) is 0 Å². The Labute approximate surface area is 186 Å². The van der Waals surface area contributed by atoms with Crippen molar-refractivity contribution in [3.05, 3.63) is 70.2 Å². The van der Waals surface area contributed by atoms with Gasteiger partial charge in [-0.3, -0.25) is 9.59 Å². The predicted octanol–water partition coefficient (Wildman–Crippen LogP) is 4.19. The van der Waals surface area contributed by atoms with E-state index < -0.39 is 18.0 Å². The molecule has 8 heteroatoms. The summed E-state index contributed by atoms with van der Waals surface area (Å²) in [4.78, 5) is 25.1. The van der Waals surface area contributed by atoms with E-state index in [2.05, 4.69) is 0 Å². The van der Waals surface area contributed by atoms with Gasteiger partial charge < -0.3 is 19.8 Å². The molecule has 1 heterocycles. The molecule has 6 nitrogen and oxygen atoms in total. The van der Waals surface area contributed by atoms with Crippen LogP contribution >= 0.6 is 23.2 Å². The van der Waals surface area contributed by atoms with Gasteiger partial charge in [-0.15, -0.1) is 0 Å². The molecule has 0 radical (unpaired) electrons. The average molecular weight is 454 g/mol. The molecule has 0 spiro atoms. The lowest BCUT2D eigenvalue weighted by molar-refractivity contribution is -0.170. The van der Waals surface area contributed by atoms with Gasteiger partial charge in [0.15, 0.2) is 0 Å². The Morgan fingerprint density at radius 1 is 1.13 bits per heavy atom. The summed E-state index contributed by atoms with van der Waals surface area (Å²) < 4.78 is 5.48. The zero-order chi connectivity index (χ0) is 22.1. The van der Waals surface area contributed by atoms with Gasteiger partial charge in [-0.25, -0.2) is 0 Å². The number of carbonyl (C=O) groups excluding carboxylic acids is 1. The molecule has 1 amide bonds. The lowest BCUT2D eigenvalue weighted by Crippen LogP contribution is -2.55. The van der Waals surface area contributed by atoms with Gasteiger partial charge >= 0.3 is 5.97 Å². The summed E-state index contributed by atoms with van der Waals surface area (Å²) in [6.07, 6.45) is -0.840. The number of benzene rings is 2. The summed E-state index contributed by atoms with van der Waals surface area (Å²) in [6.45, 7) is 1.86. The molecule has 2 aromatic carbocycles. The molecule has 0 aromatic heterocycles. The summed E-state index contributed by atoms with van der Waals surface area (Å²) in [5, 5.41) is 19.9. The lowest BCUT2D eigenvalue weighted by atomic mass is 9.99. The summed E-state index contributed by atoms with van der Waals surface area (Å²) in [7, 11) is 0. The van der Waals surface area contributed by atoms with Gasteiger partial charge in [-0.2, -0.15) is 0 Å². The largest absolute Gasteiger partial charge is 0.481 e. The second-order valence-electron chi connectivity index (χ2n) is 6.77.